The molecule has 1 aliphatic rings. The number of hydrogen-bond donors (Lipinski definition) is 0. The van der Waals surface area contributed by atoms with Crippen LogP contribution in [-0.4, -0.2) is 21.8 Å². The number of rotatable bonds is 3. The van der Waals surface area contributed by atoms with Gasteiger partial charge in [0.25, 0.3) is 0 Å². The molecule has 4 heteroatoms. The van der Waals surface area contributed by atoms with Crippen molar-refractivity contribution in [3.05, 3.63) is 137 Å². The zero-order valence-corrected chi connectivity index (χ0v) is 17.5. The average Bonchev–Trinajstić information content (AvgIpc) is 3.23. The molecule has 0 N–H and O–H groups in total. The standard InChI is InChI=1S/C29H17NO3/c31-27(20-15-13-19(14-16-20)18-8-2-1-3-9-18)24-23-12-6-7-17-30(23)26-25(24)28(32)21-10-4-5-11-22(21)29(26)33/h1-17H. The summed E-state index contributed by atoms with van der Waals surface area (Å²) in [6, 6.07) is 29.4. The van der Waals surface area contributed by atoms with E-state index in [0.29, 0.717) is 22.2 Å². The second-order valence-corrected chi connectivity index (χ2v) is 8.03. The lowest BCUT2D eigenvalue weighted by Crippen LogP contribution is -2.22. The predicted octanol–water partition coefficient (Wildman–Crippen LogP) is 5.61. The van der Waals surface area contributed by atoms with E-state index in [1.807, 2.05) is 42.5 Å². The number of benzene rings is 3. The van der Waals surface area contributed by atoms with E-state index in [2.05, 4.69) is 0 Å². The molecule has 0 amide bonds. The Bertz CT molecular complexity index is 1590. The molecule has 0 unspecified atom stereocenters. The molecule has 0 aliphatic heterocycles. The fourth-order valence-electron chi connectivity index (χ4n) is 4.61. The third-order valence-corrected chi connectivity index (χ3v) is 6.18. The van der Waals surface area contributed by atoms with Gasteiger partial charge in [0.1, 0.15) is 5.69 Å². The number of carbonyl (C=O) groups excluding carboxylic acids is 3. The molecule has 0 spiro atoms. The quantitative estimate of drug-likeness (QED) is 0.345. The summed E-state index contributed by atoms with van der Waals surface area (Å²) in [6.07, 6.45) is 1.72. The van der Waals surface area contributed by atoms with E-state index in [9.17, 15) is 14.4 Å². The number of pyridine rings is 1. The summed E-state index contributed by atoms with van der Waals surface area (Å²) in [7, 11) is 0. The van der Waals surface area contributed by atoms with Gasteiger partial charge in [0, 0.05) is 22.9 Å². The second kappa shape index (κ2) is 7.24. The molecule has 2 heterocycles. The van der Waals surface area contributed by atoms with E-state index in [1.165, 1.54) is 0 Å². The van der Waals surface area contributed by atoms with Gasteiger partial charge in [-0.3, -0.25) is 14.4 Å². The number of carbonyl (C=O) groups is 3. The smallest absolute Gasteiger partial charge is 0.211 e. The Morgan fingerprint density at radius 3 is 1.94 bits per heavy atom. The largest absolute Gasteiger partial charge is 0.312 e. The summed E-state index contributed by atoms with van der Waals surface area (Å²) < 4.78 is 1.66. The first-order chi connectivity index (χ1) is 16.1. The lowest BCUT2D eigenvalue weighted by atomic mass is 9.85. The highest BCUT2D eigenvalue weighted by Gasteiger charge is 2.37. The monoisotopic (exact) mass is 427 g/mol. The molecule has 0 saturated carbocycles. The van der Waals surface area contributed by atoms with E-state index < -0.39 is 0 Å². The molecule has 2 aromatic heterocycles. The van der Waals surface area contributed by atoms with Gasteiger partial charge in [-0.1, -0.05) is 84.9 Å². The van der Waals surface area contributed by atoms with E-state index in [-0.39, 0.29) is 34.2 Å². The van der Waals surface area contributed by atoms with Gasteiger partial charge >= 0.3 is 0 Å². The number of ketones is 3. The summed E-state index contributed by atoms with van der Waals surface area (Å²) in [6.45, 7) is 0. The van der Waals surface area contributed by atoms with Gasteiger partial charge in [-0.05, 0) is 23.3 Å². The highest BCUT2D eigenvalue weighted by Crippen LogP contribution is 2.35. The van der Waals surface area contributed by atoms with Crippen LogP contribution in [0.5, 0.6) is 0 Å². The Morgan fingerprint density at radius 1 is 0.606 bits per heavy atom. The minimum absolute atomic E-state index is 0.182. The summed E-state index contributed by atoms with van der Waals surface area (Å²) in [5.74, 6) is -0.826. The Kier molecular flexibility index (Phi) is 4.20. The van der Waals surface area contributed by atoms with Gasteiger partial charge in [0.2, 0.25) is 5.78 Å². The first kappa shape index (κ1) is 19.1. The SMILES string of the molecule is O=C1c2ccccc2C(=O)c2c1c(C(=O)c1ccc(-c3ccccc3)cc1)c1ccccn21. The van der Waals surface area contributed by atoms with E-state index in [4.69, 9.17) is 0 Å². The Morgan fingerprint density at radius 2 is 1.21 bits per heavy atom. The fraction of sp³-hybridized carbons (Fsp3) is 0. The van der Waals surface area contributed by atoms with Crippen molar-refractivity contribution in [2.24, 2.45) is 0 Å². The third kappa shape index (κ3) is 2.81. The lowest BCUT2D eigenvalue weighted by Gasteiger charge is -2.15. The van der Waals surface area contributed by atoms with Gasteiger partial charge in [-0.25, -0.2) is 0 Å². The predicted molar refractivity (Wildman–Crippen MR) is 126 cm³/mol. The van der Waals surface area contributed by atoms with Crippen molar-refractivity contribution in [2.75, 3.05) is 0 Å². The fourth-order valence-corrected chi connectivity index (χ4v) is 4.61. The topological polar surface area (TPSA) is 55.6 Å². The molecule has 33 heavy (non-hydrogen) atoms. The average molecular weight is 427 g/mol. The third-order valence-electron chi connectivity index (χ3n) is 6.18. The van der Waals surface area contributed by atoms with Crippen LogP contribution in [0.2, 0.25) is 0 Å². The normalized spacial score (nSPS) is 12.5. The Hall–Kier alpha value is -4.57. The lowest BCUT2D eigenvalue weighted by molar-refractivity contribution is 0.0970. The van der Waals surface area contributed by atoms with Gasteiger partial charge in [-0.15, -0.1) is 0 Å². The molecule has 0 atom stereocenters. The number of fused-ring (bicyclic) bond motifs is 4. The molecule has 0 fully saturated rings. The Labute approximate surface area is 189 Å². The molecule has 4 nitrogen and oxygen atoms in total. The van der Waals surface area contributed by atoms with Crippen molar-refractivity contribution >= 4 is 22.9 Å². The van der Waals surface area contributed by atoms with Crippen LogP contribution in [0, 0.1) is 0 Å². The molecule has 5 aromatic rings. The maximum absolute atomic E-state index is 13.7. The highest BCUT2D eigenvalue weighted by atomic mass is 16.1. The van der Waals surface area contributed by atoms with Crippen molar-refractivity contribution in [1.82, 2.24) is 4.40 Å². The van der Waals surface area contributed by atoms with Crippen LogP contribution in [0.25, 0.3) is 16.6 Å². The molecule has 156 valence electrons. The van der Waals surface area contributed by atoms with Gasteiger partial charge in [0.05, 0.1) is 16.6 Å². The first-order valence-corrected chi connectivity index (χ1v) is 10.7. The molecule has 0 bridgehead atoms. The van der Waals surface area contributed by atoms with Crippen LogP contribution < -0.4 is 0 Å². The molecular weight excluding hydrogens is 410 g/mol. The van der Waals surface area contributed by atoms with Gasteiger partial charge in [0.15, 0.2) is 11.6 Å². The van der Waals surface area contributed by atoms with Crippen molar-refractivity contribution in [3.63, 3.8) is 0 Å². The Balaban J connectivity index is 1.53. The zero-order chi connectivity index (χ0) is 22.5. The van der Waals surface area contributed by atoms with Crippen molar-refractivity contribution in [2.45, 2.75) is 0 Å². The first-order valence-electron chi connectivity index (χ1n) is 10.7. The number of aromatic nitrogens is 1. The van der Waals surface area contributed by atoms with Crippen molar-refractivity contribution in [3.8, 4) is 11.1 Å². The van der Waals surface area contributed by atoms with E-state index in [1.54, 1.807) is 65.2 Å². The van der Waals surface area contributed by atoms with Crippen LogP contribution in [0.15, 0.2) is 103 Å². The summed E-state index contributed by atoms with van der Waals surface area (Å²) >= 11 is 0. The number of hydrogen-bond acceptors (Lipinski definition) is 3. The molecule has 0 radical (unpaired) electrons. The molecular formula is C29H17NO3. The van der Waals surface area contributed by atoms with Crippen molar-refractivity contribution < 1.29 is 14.4 Å². The molecule has 3 aromatic carbocycles. The van der Waals surface area contributed by atoms with Gasteiger partial charge < -0.3 is 4.40 Å². The zero-order valence-electron chi connectivity index (χ0n) is 17.5. The van der Waals surface area contributed by atoms with Crippen LogP contribution in [0.4, 0.5) is 0 Å². The minimum Gasteiger partial charge on any atom is -0.312 e. The molecule has 1 aliphatic carbocycles. The molecule has 0 saturated heterocycles. The number of nitrogens with zero attached hydrogens (tertiary/aromatic N) is 1. The van der Waals surface area contributed by atoms with Crippen LogP contribution in [0.1, 0.15) is 47.9 Å². The maximum Gasteiger partial charge on any atom is 0.211 e. The summed E-state index contributed by atoms with van der Waals surface area (Å²) in [5, 5.41) is 0. The van der Waals surface area contributed by atoms with E-state index >= 15 is 0 Å². The van der Waals surface area contributed by atoms with Gasteiger partial charge in [-0.2, -0.15) is 0 Å². The minimum atomic E-state index is -0.298. The van der Waals surface area contributed by atoms with Crippen LogP contribution in [-0.2, 0) is 0 Å². The summed E-state index contributed by atoms with van der Waals surface area (Å²) in [5.41, 5.74) is 4.47. The second-order valence-electron chi connectivity index (χ2n) is 8.03. The maximum atomic E-state index is 13.7. The van der Waals surface area contributed by atoms with Crippen molar-refractivity contribution in [1.29, 1.82) is 0 Å². The van der Waals surface area contributed by atoms with E-state index in [0.717, 1.165) is 11.1 Å². The van der Waals surface area contributed by atoms with Crippen LogP contribution in [0.3, 0.4) is 0 Å². The van der Waals surface area contributed by atoms with Crippen LogP contribution >= 0.6 is 0 Å². The molecule has 6 rings (SSSR count). The highest BCUT2D eigenvalue weighted by molar-refractivity contribution is 6.33. The summed E-state index contributed by atoms with van der Waals surface area (Å²) in [4.78, 5) is 40.6.